The van der Waals surface area contributed by atoms with Crippen molar-refractivity contribution >= 4 is 23.5 Å². The summed E-state index contributed by atoms with van der Waals surface area (Å²) in [4.78, 5) is 51.9. The van der Waals surface area contributed by atoms with E-state index in [0.717, 1.165) is 12.8 Å². The van der Waals surface area contributed by atoms with Gasteiger partial charge in [-0.2, -0.15) is 0 Å². The maximum atomic E-state index is 13.1. The number of piperidine rings is 1. The van der Waals surface area contributed by atoms with Crippen molar-refractivity contribution in [3.63, 3.8) is 0 Å². The Balaban J connectivity index is 1.44. The molecule has 3 amide bonds. The number of alkyl halides is 3. The van der Waals surface area contributed by atoms with Crippen molar-refractivity contribution in [2.24, 2.45) is 11.8 Å². The maximum absolute atomic E-state index is 13.1. The van der Waals surface area contributed by atoms with E-state index in [0.29, 0.717) is 32.4 Å². The Labute approximate surface area is 182 Å². The number of halogens is 3. The summed E-state index contributed by atoms with van der Waals surface area (Å²) in [6.45, 7) is -0.390. The van der Waals surface area contributed by atoms with Gasteiger partial charge in [0, 0.05) is 25.1 Å². The van der Waals surface area contributed by atoms with Crippen LogP contribution < -0.4 is 10.6 Å². The molecule has 3 saturated heterocycles. The molecule has 0 radical (unpaired) electrons. The Bertz CT molecular complexity index is 785. The number of ketones is 1. The molecule has 6 atom stereocenters. The molecule has 3 aliphatic heterocycles. The van der Waals surface area contributed by atoms with Gasteiger partial charge in [0.15, 0.2) is 5.78 Å². The highest BCUT2D eigenvalue weighted by Crippen LogP contribution is 2.48. The normalized spacial score (nSPS) is 32.4. The maximum Gasteiger partial charge on any atom is 0.522 e. The first-order chi connectivity index (χ1) is 15.1. The topological polar surface area (TPSA) is 114 Å². The van der Waals surface area contributed by atoms with Gasteiger partial charge in [-0.1, -0.05) is 0 Å². The Hall–Kier alpha value is -2.21. The fourth-order valence-corrected chi connectivity index (χ4v) is 4.89. The summed E-state index contributed by atoms with van der Waals surface area (Å²) >= 11 is 0. The van der Waals surface area contributed by atoms with E-state index in [-0.39, 0.29) is 30.2 Å². The molecule has 0 aromatic carbocycles. The van der Waals surface area contributed by atoms with Crippen LogP contribution in [-0.2, 0) is 28.7 Å². The van der Waals surface area contributed by atoms with Gasteiger partial charge in [0.25, 0.3) is 5.91 Å². The van der Waals surface area contributed by atoms with Crippen LogP contribution in [0.1, 0.15) is 38.5 Å². The number of hydrogen-bond acceptors (Lipinski definition) is 6. The van der Waals surface area contributed by atoms with Crippen LogP contribution in [0.5, 0.6) is 0 Å². The van der Waals surface area contributed by atoms with Gasteiger partial charge in [0.05, 0.1) is 6.04 Å². The van der Waals surface area contributed by atoms with Gasteiger partial charge < -0.3 is 20.3 Å². The molecule has 0 aromatic rings. The molecule has 0 aromatic heterocycles. The summed E-state index contributed by atoms with van der Waals surface area (Å²) in [5, 5.41) is 5.11. The number of nitrogens with one attached hydrogen (secondary N) is 2. The number of ether oxygens (including phenoxy) is 2. The van der Waals surface area contributed by atoms with E-state index in [1.165, 1.54) is 4.90 Å². The van der Waals surface area contributed by atoms with Crippen molar-refractivity contribution in [1.29, 1.82) is 0 Å². The van der Waals surface area contributed by atoms with Crippen molar-refractivity contribution in [3.05, 3.63) is 0 Å². The average Bonchev–Trinajstić information content (AvgIpc) is 3.11. The van der Waals surface area contributed by atoms with E-state index in [9.17, 15) is 32.3 Å². The lowest BCUT2D eigenvalue weighted by Gasteiger charge is -2.30. The lowest BCUT2D eigenvalue weighted by molar-refractivity contribution is -0.321. The zero-order valence-electron chi connectivity index (χ0n) is 17.4. The number of Topliss-reactive ketones (excluding diaryl/α,β-unsaturated/α-hetero) is 1. The second-order valence-corrected chi connectivity index (χ2v) is 8.84. The molecule has 3 heterocycles. The standard InChI is InChI=1S/C20H26F3N3O6/c21-20(22,23)32-9-15(27)12(6-10-3-4-24-17(10)28)25-18(29)14-8-11-7-13(11)26(14)19(30)16-2-1-5-31-16/h10-14,16H,1-9H2,(H,24,28)(H,25,29)/t10-,11+,12+,13+,14-,16-/m0/s1. The van der Waals surface area contributed by atoms with Gasteiger partial charge >= 0.3 is 6.36 Å². The number of hydrogen-bond donors (Lipinski definition) is 2. The van der Waals surface area contributed by atoms with Crippen LogP contribution in [0.15, 0.2) is 0 Å². The van der Waals surface area contributed by atoms with Gasteiger partial charge in [-0.15, -0.1) is 13.2 Å². The molecule has 0 unspecified atom stereocenters. The molecular weight excluding hydrogens is 435 g/mol. The Morgan fingerprint density at radius 3 is 2.66 bits per heavy atom. The summed E-state index contributed by atoms with van der Waals surface area (Å²) in [7, 11) is 0. The molecule has 1 aliphatic carbocycles. The second kappa shape index (κ2) is 8.97. The molecule has 9 nitrogen and oxygen atoms in total. The highest BCUT2D eigenvalue weighted by Gasteiger charge is 2.57. The number of nitrogens with zero attached hydrogens (tertiary/aromatic N) is 1. The summed E-state index contributed by atoms with van der Waals surface area (Å²) in [5.41, 5.74) is 0. The summed E-state index contributed by atoms with van der Waals surface area (Å²) in [5.74, 6) is -2.56. The van der Waals surface area contributed by atoms with E-state index >= 15 is 0 Å². The lowest BCUT2D eigenvalue weighted by atomic mass is 9.95. The number of carbonyl (C=O) groups excluding carboxylic acids is 4. The minimum absolute atomic E-state index is 0.0502. The van der Waals surface area contributed by atoms with Crippen LogP contribution in [0.3, 0.4) is 0 Å². The second-order valence-electron chi connectivity index (χ2n) is 8.84. The summed E-state index contributed by atoms with van der Waals surface area (Å²) in [6.07, 6.45) is -2.74. The minimum atomic E-state index is -4.99. The molecule has 1 saturated carbocycles. The molecule has 4 fully saturated rings. The number of likely N-dealkylation sites (tertiary alicyclic amines) is 1. The van der Waals surface area contributed by atoms with E-state index in [1.54, 1.807) is 0 Å². The van der Waals surface area contributed by atoms with Crippen molar-refractivity contribution in [3.8, 4) is 0 Å². The van der Waals surface area contributed by atoms with Gasteiger partial charge in [0.1, 0.15) is 18.8 Å². The smallest absolute Gasteiger partial charge is 0.368 e. The third-order valence-electron chi connectivity index (χ3n) is 6.63. The zero-order chi connectivity index (χ0) is 23.0. The SMILES string of the molecule is O=C1NCC[C@H]1C[C@@H](NC(=O)[C@@H]1C[C@H]2C[C@H]2N1C(=O)[C@@H]1CCCO1)C(=O)COC(F)(F)F. The number of fused-ring (bicyclic) bond motifs is 1. The van der Waals surface area contributed by atoms with Crippen molar-refractivity contribution < 1.29 is 41.8 Å². The van der Waals surface area contributed by atoms with E-state index < -0.39 is 48.8 Å². The predicted octanol–water partition coefficient (Wildman–Crippen LogP) is 0.271. The molecule has 12 heteroatoms. The van der Waals surface area contributed by atoms with Crippen LogP contribution >= 0.6 is 0 Å². The van der Waals surface area contributed by atoms with Crippen LogP contribution in [0.4, 0.5) is 13.2 Å². The third kappa shape index (κ3) is 5.06. The Morgan fingerprint density at radius 2 is 2.03 bits per heavy atom. The monoisotopic (exact) mass is 461 g/mol. The highest BCUT2D eigenvalue weighted by molar-refractivity contribution is 5.95. The van der Waals surface area contributed by atoms with Crippen molar-refractivity contribution in [2.45, 2.75) is 69.1 Å². The van der Waals surface area contributed by atoms with Crippen molar-refractivity contribution in [2.75, 3.05) is 19.8 Å². The fraction of sp³-hybridized carbons (Fsp3) is 0.800. The molecule has 178 valence electrons. The summed E-state index contributed by atoms with van der Waals surface area (Å²) in [6, 6.07) is -2.19. The van der Waals surface area contributed by atoms with Gasteiger partial charge in [-0.05, 0) is 44.4 Å². The molecule has 32 heavy (non-hydrogen) atoms. The quantitative estimate of drug-likeness (QED) is 0.537. The molecule has 4 aliphatic rings. The fourth-order valence-electron chi connectivity index (χ4n) is 4.89. The first kappa shape index (κ1) is 23.0. The Morgan fingerprint density at radius 1 is 1.25 bits per heavy atom. The van der Waals surface area contributed by atoms with Crippen molar-refractivity contribution in [1.82, 2.24) is 15.5 Å². The molecule has 0 bridgehead atoms. The van der Waals surface area contributed by atoms with Gasteiger partial charge in [-0.3, -0.25) is 23.9 Å². The number of amides is 3. The third-order valence-corrected chi connectivity index (χ3v) is 6.63. The first-order valence-corrected chi connectivity index (χ1v) is 10.9. The summed E-state index contributed by atoms with van der Waals surface area (Å²) < 4.78 is 46.3. The van der Waals surface area contributed by atoms with E-state index in [2.05, 4.69) is 15.4 Å². The highest BCUT2D eigenvalue weighted by atomic mass is 19.4. The number of rotatable bonds is 8. The molecule has 4 rings (SSSR count). The molecular formula is C20H26F3N3O6. The van der Waals surface area contributed by atoms with Crippen LogP contribution in [0.25, 0.3) is 0 Å². The minimum Gasteiger partial charge on any atom is -0.368 e. The van der Waals surface area contributed by atoms with Gasteiger partial charge in [-0.25, -0.2) is 0 Å². The molecule has 0 spiro atoms. The van der Waals surface area contributed by atoms with Crippen LogP contribution in [0, 0.1) is 11.8 Å². The average molecular weight is 461 g/mol. The van der Waals surface area contributed by atoms with E-state index in [1.807, 2.05) is 0 Å². The van der Waals surface area contributed by atoms with Gasteiger partial charge in [0.2, 0.25) is 11.8 Å². The predicted molar refractivity (Wildman–Crippen MR) is 101 cm³/mol. The van der Waals surface area contributed by atoms with Crippen LogP contribution in [0.2, 0.25) is 0 Å². The largest absolute Gasteiger partial charge is 0.522 e. The van der Waals surface area contributed by atoms with E-state index in [4.69, 9.17) is 4.74 Å². The number of carbonyl (C=O) groups is 4. The first-order valence-electron chi connectivity index (χ1n) is 10.9. The lowest BCUT2D eigenvalue weighted by Crippen LogP contribution is -2.54. The molecule has 2 N–H and O–H groups in total. The zero-order valence-corrected chi connectivity index (χ0v) is 17.4. The Kier molecular flexibility index (Phi) is 6.44. The van der Waals surface area contributed by atoms with Crippen LogP contribution in [-0.4, -0.2) is 78.8 Å².